The van der Waals surface area contributed by atoms with Crippen molar-refractivity contribution in [3.8, 4) is 22.8 Å². The molecule has 0 radical (unpaired) electrons. The van der Waals surface area contributed by atoms with Crippen LogP contribution in [0.15, 0.2) is 72.8 Å². The zero-order valence-electron chi connectivity index (χ0n) is 14.1. The summed E-state index contributed by atoms with van der Waals surface area (Å²) in [5.74, 6) is 1.14. The summed E-state index contributed by atoms with van der Waals surface area (Å²) in [5.41, 5.74) is 4.17. The topological polar surface area (TPSA) is 38.7 Å². The van der Waals surface area contributed by atoms with Crippen molar-refractivity contribution in [1.29, 1.82) is 0 Å². The Morgan fingerprint density at radius 3 is 2.04 bits per heavy atom. The van der Waals surface area contributed by atoms with Crippen molar-refractivity contribution in [3.05, 3.63) is 83.7 Å². The Kier molecular flexibility index (Phi) is 5.36. The highest BCUT2D eigenvalue weighted by Crippen LogP contribution is 2.23. The van der Waals surface area contributed by atoms with Crippen LogP contribution in [0.25, 0.3) is 28.3 Å². The number of hydrogen-bond donors (Lipinski definition) is 0. The summed E-state index contributed by atoms with van der Waals surface area (Å²) in [6.45, 7) is 4.09. The number of halogens is 1. The molecule has 0 aliphatic carbocycles. The lowest BCUT2D eigenvalue weighted by Gasteiger charge is -2.06. The third-order valence-corrected chi connectivity index (χ3v) is 3.95. The molecule has 0 fully saturated rings. The molecule has 0 saturated heterocycles. The fourth-order valence-electron chi connectivity index (χ4n) is 2.41. The summed E-state index contributed by atoms with van der Waals surface area (Å²) in [4.78, 5) is 13.1. The molecular formula is C21H18ClN3. The zero-order valence-corrected chi connectivity index (χ0v) is 14.9. The van der Waals surface area contributed by atoms with Crippen LogP contribution in [0.4, 0.5) is 0 Å². The Morgan fingerprint density at radius 1 is 0.840 bits per heavy atom. The van der Waals surface area contributed by atoms with E-state index in [0.717, 1.165) is 16.7 Å². The van der Waals surface area contributed by atoms with E-state index in [1.165, 1.54) is 5.57 Å². The van der Waals surface area contributed by atoms with Gasteiger partial charge in [-0.25, -0.2) is 4.98 Å². The van der Waals surface area contributed by atoms with Gasteiger partial charge in [0.05, 0.1) is 0 Å². The highest BCUT2D eigenvalue weighted by molar-refractivity contribution is 6.28. The molecule has 0 unspecified atom stereocenters. The lowest BCUT2D eigenvalue weighted by Crippen LogP contribution is -1.97. The van der Waals surface area contributed by atoms with Crippen LogP contribution < -0.4 is 0 Å². The minimum atomic E-state index is 0.192. The lowest BCUT2D eigenvalue weighted by atomic mass is 10.0. The predicted octanol–water partition coefficient (Wildman–Crippen LogP) is 5.84. The molecule has 2 aromatic carbocycles. The van der Waals surface area contributed by atoms with Crippen LogP contribution >= 0.6 is 11.6 Å². The number of aromatic nitrogens is 3. The van der Waals surface area contributed by atoms with Crippen LogP contribution in [-0.2, 0) is 0 Å². The molecule has 1 heterocycles. The molecule has 4 heteroatoms. The molecule has 3 nitrogen and oxygen atoms in total. The molecule has 0 saturated carbocycles. The Bertz CT molecular complexity index is 914. The van der Waals surface area contributed by atoms with Crippen molar-refractivity contribution in [2.75, 3.05) is 0 Å². The maximum Gasteiger partial charge on any atom is 0.226 e. The van der Waals surface area contributed by atoms with Crippen molar-refractivity contribution in [2.45, 2.75) is 13.8 Å². The number of benzene rings is 2. The first-order chi connectivity index (χ1) is 12.2. The maximum absolute atomic E-state index is 6.11. The fraction of sp³-hybridized carbons (Fsp3) is 0.0952. The second-order valence-corrected chi connectivity index (χ2v) is 5.91. The zero-order chi connectivity index (χ0) is 17.6. The average Bonchev–Trinajstić information content (AvgIpc) is 2.66. The normalized spacial score (nSPS) is 11.9. The van der Waals surface area contributed by atoms with Crippen LogP contribution in [0.3, 0.4) is 0 Å². The number of rotatable bonds is 4. The van der Waals surface area contributed by atoms with E-state index >= 15 is 0 Å². The van der Waals surface area contributed by atoms with Crippen molar-refractivity contribution in [2.24, 2.45) is 0 Å². The van der Waals surface area contributed by atoms with Crippen molar-refractivity contribution in [1.82, 2.24) is 15.0 Å². The Balaban J connectivity index is 1.96. The summed E-state index contributed by atoms with van der Waals surface area (Å²) >= 11 is 6.11. The molecule has 0 spiro atoms. The largest absolute Gasteiger partial charge is 0.226 e. The number of nitrogens with zero attached hydrogens (tertiary/aromatic N) is 3. The maximum atomic E-state index is 6.11. The molecule has 3 rings (SSSR count). The van der Waals surface area contributed by atoms with E-state index < -0.39 is 0 Å². The third-order valence-electron chi connectivity index (χ3n) is 3.78. The molecule has 25 heavy (non-hydrogen) atoms. The van der Waals surface area contributed by atoms with Gasteiger partial charge in [-0.1, -0.05) is 72.8 Å². The predicted molar refractivity (Wildman–Crippen MR) is 104 cm³/mol. The van der Waals surface area contributed by atoms with E-state index in [2.05, 4.69) is 40.1 Å². The molecule has 1 aromatic heterocycles. The average molecular weight is 348 g/mol. The first kappa shape index (κ1) is 17.1. The highest BCUT2D eigenvalue weighted by atomic mass is 35.5. The van der Waals surface area contributed by atoms with Crippen LogP contribution in [0.1, 0.15) is 19.4 Å². The molecule has 124 valence electrons. The van der Waals surface area contributed by atoms with E-state index in [0.29, 0.717) is 11.6 Å². The van der Waals surface area contributed by atoms with Crippen molar-refractivity contribution < 1.29 is 0 Å². The molecule has 0 N–H and O–H groups in total. The molecule has 0 aliphatic rings. The van der Waals surface area contributed by atoms with Gasteiger partial charge in [-0.15, -0.1) is 0 Å². The van der Waals surface area contributed by atoms with E-state index in [1.54, 1.807) is 0 Å². The Morgan fingerprint density at radius 2 is 1.44 bits per heavy atom. The minimum Gasteiger partial charge on any atom is -0.208 e. The number of hydrogen-bond acceptors (Lipinski definition) is 3. The Labute approximate surface area is 152 Å². The van der Waals surface area contributed by atoms with Crippen molar-refractivity contribution in [3.63, 3.8) is 0 Å². The van der Waals surface area contributed by atoms with E-state index in [4.69, 9.17) is 11.6 Å². The van der Waals surface area contributed by atoms with E-state index in [-0.39, 0.29) is 5.28 Å². The first-order valence-electron chi connectivity index (χ1n) is 8.05. The standard InChI is InChI=1S/C21H18ClN3/c1-3-4-8-15(2)16-11-13-18(14-12-16)20-23-19(24-21(22)25-20)17-9-6-5-7-10-17/h3-14H,1-2H3/b4-3-,15-8+. The van der Waals surface area contributed by atoms with Gasteiger partial charge in [0.15, 0.2) is 11.6 Å². The van der Waals surface area contributed by atoms with Gasteiger partial charge in [0.25, 0.3) is 0 Å². The molecule has 0 aliphatic heterocycles. The quantitative estimate of drug-likeness (QED) is 0.556. The van der Waals surface area contributed by atoms with Crippen molar-refractivity contribution >= 4 is 17.2 Å². The highest BCUT2D eigenvalue weighted by Gasteiger charge is 2.09. The second-order valence-electron chi connectivity index (χ2n) is 5.57. The van der Waals surface area contributed by atoms with Gasteiger partial charge in [-0.05, 0) is 36.6 Å². The smallest absolute Gasteiger partial charge is 0.208 e. The van der Waals surface area contributed by atoms with Gasteiger partial charge < -0.3 is 0 Å². The van der Waals surface area contributed by atoms with Gasteiger partial charge in [0.2, 0.25) is 5.28 Å². The Hall–Kier alpha value is -2.78. The van der Waals surface area contributed by atoms with Crippen LogP contribution in [0, 0.1) is 0 Å². The summed E-state index contributed by atoms with van der Waals surface area (Å²) in [5, 5.41) is 0.192. The molecular weight excluding hydrogens is 330 g/mol. The molecule has 0 amide bonds. The third kappa shape index (κ3) is 4.20. The SMILES string of the molecule is C/C=C\C=C(/C)c1ccc(-c2nc(Cl)nc(-c3ccccc3)n2)cc1. The molecule has 0 bridgehead atoms. The lowest BCUT2D eigenvalue weighted by molar-refractivity contribution is 1.07. The van der Waals surface area contributed by atoms with Gasteiger partial charge >= 0.3 is 0 Å². The van der Waals surface area contributed by atoms with Gasteiger partial charge in [0.1, 0.15) is 0 Å². The molecule has 0 atom stereocenters. The van der Waals surface area contributed by atoms with Gasteiger partial charge in [0, 0.05) is 11.1 Å². The van der Waals surface area contributed by atoms with Crippen LogP contribution in [-0.4, -0.2) is 15.0 Å². The summed E-state index contributed by atoms with van der Waals surface area (Å²) in [6, 6.07) is 17.9. The molecule has 3 aromatic rings. The first-order valence-corrected chi connectivity index (χ1v) is 8.42. The fourth-order valence-corrected chi connectivity index (χ4v) is 2.57. The monoisotopic (exact) mass is 347 g/mol. The van der Waals surface area contributed by atoms with E-state index in [1.807, 2.05) is 61.5 Å². The van der Waals surface area contributed by atoms with Gasteiger partial charge in [-0.2, -0.15) is 9.97 Å². The van der Waals surface area contributed by atoms with Crippen LogP contribution in [0.5, 0.6) is 0 Å². The minimum absolute atomic E-state index is 0.192. The summed E-state index contributed by atoms with van der Waals surface area (Å²) in [7, 11) is 0. The summed E-state index contributed by atoms with van der Waals surface area (Å²) in [6.07, 6.45) is 6.12. The van der Waals surface area contributed by atoms with E-state index in [9.17, 15) is 0 Å². The van der Waals surface area contributed by atoms with Gasteiger partial charge in [-0.3, -0.25) is 0 Å². The second kappa shape index (κ2) is 7.86. The summed E-state index contributed by atoms with van der Waals surface area (Å²) < 4.78 is 0. The number of allylic oxidation sites excluding steroid dienone is 4. The van der Waals surface area contributed by atoms with Crippen LogP contribution in [0.2, 0.25) is 5.28 Å².